The Kier molecular flexibility index (Phi) is 6.20. The Bertz CT molecular complexity index is 647. The number of hydrogen-bond donors (Lipinski definition) is 3. The molecule has 0 aliphatic rings. The Labute approximate surface area is 124 Å². The zero-order valence-electron chi connectivity index (χ0n) is 11.2. The average molecular weight is 336 g/mol. The third-order valence-electron chi connectivity index (χ3n) is 2.51. The Morgan fingerprint density at radius 3 is 2.62 bits per heavy atom. The maximum atomic E-state index is 12.1. The highest BCUT2D eigenvalue weighted by molar-refractivity contribution is 7.89. The van der Waals surface area contributed by atoms with E-state index in [1.807, 2.05) is 0 Å². The molecule has 0 aliphatic carbocycles. The Balaban J connectivity index is 2.97. The number of benzene rings is 1. The van der Waals surface area contributed by atoms with Gasteiger partial charge in [0.1, 0.15) is 0 Å². The second-order valence-corrected chi connectivity index (χ2v) is 7.40. The summed E-state index contributed by atoms with van der Waals surface area (Å²) < 4.78 is 37.2. The van der Waals surface area contributed by atoms with Gasteiger partial charge in [-0.1, -0.05) is 0 Å². The summed E-state index contributed by atoms with van der Waals surface area (Å²) in [5, 5.41) is 11.0. The molecule has 0 radical (unpaired) electrons. The Morgan fingerprint density at radius 1 is 1.43 bits per heavy atom. The van der Waals surface area contributed by atoms with Crippen molar-refractivity contribution in [2.24, 2.45) is 5.84 Å². The van der Waals surface area contributed by atoms with Crippen molar-refractivity contribution in [1.29, 1.82) is 0 Å². The molecule has 1 aromatic rings. The highest BCUT2D eigenvalue weighted by atomic mass is 32.2. The Morgan fingerprint density at radius 2 is 2.10 bits per heavy atom. The molecule has 21 heavy (non-hydrogen) atoms. The van der Waals surface area contributed by atoms with Crippen LogP contribution in [0.1, 0.15) is 6.42 Å². The molecule has 4 N–H and O–H groups in total. The van der Waals surface area contributed by atoms with Crippen molar-refractivity contribution in [3.05, 3.63) is 28.3 Å². The van der Waals surface area contributed by atoms with Crippen LogP contribution in [0.5, 0.6) is 0 Å². The molecule has 0 saturated heterocycles. The molecule has 1 atom stereocenters. The normalized spacial score (nSPS) is 12.9. The number of nitrogens with zero attached hydrogens (tertiary/aromatic N) is 1. The molecule has 11 heteroatoms. The molecular formula is C10H16N4O5S2. The standard InChI is InChI=1S/C10H16N4O5S2/c1-20(17)6-2-5-12-21(18,19)10-4-3-8(13-11)7-9(10)14(15)16/h3-4,7,12-13H,2,5-6,11H2,1H3. The fourth-order valence-electron chi connectivity index (χ4n) is 1.54. The summed E-state index contributed by atoms with van der Waals surface area (Å²) in [5.41, 5.74) is 1.86. The zero-order valence-corrected chi connectivity index (χ0v) is 12.9. The van der Waals surface area contributed by atoms with Crippen LogP contribution in [0, 0.1) is 10.1 Å². The molecule has 0 saturated carbocycles. The fraction of sp³-hybridized carbons (Fsp3) is 0.400. The van der Waals surface area contributed by atoms with Crippen molar-refractivity contribution in [3.8, 4) is 0 Å². The van der Waals surface area contributed by atoms with Crippen LogP contribution in [-0.4, -0.2) is 36.1 Å². The van der Waals surface area contributed by atoms with Crippen molar-refractivity contribution in [3.63, 3.8) is 0 Å². The van der Waals surface area contributed by atoms with Gasteiger partial charge < -0.3 is 5.43 Å². The van der Waals surface area contributed by atoms with Crippen molar-refractivity contribution < 1.29 is 17.6 Å². The summed E-state index contributed by atoms with van der Waals surface area (Å²) in [6.45, 7) is 0.0515. The van der Waals surface area contributed by atoms with Gasteiger partial charge in [0.25, 0.3) is 5.69 Å². The number of nitrogen functional groups attached to an aromatic ring is 1. The van der Waals surface area contributed by atoms with E-state index in [1.165, 1.54) is 12.3 Å². The number of nitrogens with one attached hydrogen (secondary N) is 2. The number of anilines is 1. The van der Waals surface area contributed by atoms with E-state index >= 15 is 0 Å². The molecule has 1 unspecified atom stereocenters. The van der Waals surface area contributed by atoms with Crippen LogP contribution in [0.4, 0.5) is 11.4 Å². The first-order valence-corrected chi connectivity index (χ1v) is 9.03. The summed E-state index contributed by atoms with van der Waals surface area (Å²) >= 11 is 0. The van der Waals surface area contributed by atoms with Gasteiger partial charge in [0.2, 0.25) is 10.0 Å². The van der Waals surface area contributed by atoms with Crippen molar-refractivity contribution >= 4 is 32.2 Å². The van der Waals surface area contributed by atoms with Gasteiger partial charge in [-0.05, 0) is 18.6 Å². The predicted molar refractivity (Wildman–Crippen MR) is 79.6 cm³/mol. The monoisotopic (exact) mass is 336 g/mol. The quantitative estimate of drug-likeness (QED) is 0.261. The third kappa shape index (κ3) is 5.04. The van der Waals surface area contributed by atoms with E-state index in [0.29, 0.717) is 12.2 Å². The highest BCUT2D eigenvalue weighted by Crippen LogP contribution is 2.26. The minimum Gasteiger partial charge on any atom is -0.324 e. The van der Waals surface area contributed by atoms with Crippen LogP contribution in [0.25, 0.3) is 0 Å². The molecule has 0 heterocycles. The fourth-order valence-corrected chi connectivity index (χ4v) is 3.31. The molecule has 0 aliphatic heterocycles. The summed E-state index contributed by atoms with van der Waals surface area (Å²) in [6.07, 6.45) is 1.89. The molecule has 0 bridgehead atoms. The van der Waals surface area contributed by atoms with E-state index in [2.05, 4.69) is 10.1 Å². The second-order valence-electron chi connectivity index (χ2n) is 4.11. The maximum Gasteiger partial charge on any atom is 0.291 e. The summed E-state index contributed by atoms with van der Waals surface area (Å²) in [6, 6.07) is 3.46. The average Bonchev–Trinajstić information content (AvgIpc) is 2.42. The first kappa shape index (κ1) is 17.5. The van der Waals surface area contributed by atoms with E-state index in [0.717, 1.165) is 12.1 Å². The molecule has 0 spiro atoms. The molecular weight excluding hydrogens is 320 g/mol. The van der Waals surface area contributed by atoms with E-state index in [1.54, 1.807) is 0 Å². The first-order valence-electron chi connectivity index (χ1n) is 5.82. The smallest absolute Gasteiger partial charge is 0.291 e. The number of nitro groups is 1. The van der Waals surface area contributed by atoms with Gasteiger partial charge in [0.05, 0.1) is 10.6 Å². The van der Waals surface area contributed by atoms with Gasteiger partial charge in [0.15, 0.2) is 4.90 Å². The largest absolute Gasteiger partial charge is 0.324 e. The van der Waals surface area contributed by atoms with Gasteiger partial charge in [-0.3, -0.25) is 20.2 Å². The molecule has 1 rings (SSSR count). The number of hydrogen-bond acceptors (Lipinski definition) is 7. The SMILES string of the molecule is CS(=O)CCCNS(=O)(=O)c1ccc(NN)cc1[N+](=O)[O-]. The van der Waals surface area contributed by atoms with E-state index in [-0.39, 0.29) is 12.2 Å². The van der Waals surface area contributed by atoms with Crippen molar-refractivity contribution in [2.75, 3.05) is 24.0 Å². The minimum absolute atomic E-state index is 0.0515. The molecule has 0 aromatic heterocycles. The van der Waals surface area contributed by atoms with Gasteiger partial charge >= 0.3 is 0 Å². The molecule has 118 valence electrons. The number of nitro benzene ring substituents is 1. The molecule has 0 amide bonds. The second kappa shape index (κ2) is 7.45. The number of rotatable bonds is 8. The Hall–Kier alpha value is -1.56. The van der Waals surface area contributed by atoms with E-state index < -0.39 is 36.3 Å². The van der Waals surface area contributed by atoms with Crippen LogP contribution in [-0.2, 0) is 20.8 Å². The maximum absolute atomic E-state index is 12.1. The predicted octanol–water partition coefficient (Wildman–Crippen LogP) is -0.0727. The third-order valence-corrected chi connectivity index (χ3v) is 4.88. The summed E-state index contributed by atoms with van der Waals surface area (Å²) in [5.74, 6) is 5.49. The van der Waals surface area contributed by atoms with E-state index in [9.17, 15) is 22.7 Å². The lowest BCUT2D eigenvalue weighted by atomic mass is 10.3. The zero-order chi connectivity index (χ0) is 16.0. The molecule has 0 fully saturated rings. The lowest BCUT2D eigenvalue weighted by molar-refractivity contribution is -0.387. The number of hydrazine groups is 1. The first-order chi connectivity index (χ1) is 9.77. The lowest BCUT2D eigenvalue weighted by Crippen LogP contribution is -2.26. The summed E-state index contributed by atoms with van der Waals surface area (Å²) in [7, 11) is -5.04. The van der Waals surface area contributed by atoms with Crippen LogP contribution in [0.3, 0.4) is 0 Å². The van der Waals surface area contributed by atoms with Gasteiger partial charge in [-0.25, -0.2) is 13.1 Å². The van der Waals surface area contributed by atoms with Crippen molar-refractivity contribution in [2.45, 2.75) is 11.3 Å². The van der Waals surface area contributed by atoms with Gasteiger partial charge in [0, 0.05) is 35.4 Å². The number of nitrogens with two attached hydrogens (primary N) is 1. The number of sulfonamides is 1. The van der Waals surface area contributed by atoms with Crippen LogP contribution < -0.4 is 16.0 Å². The van der Waals surface area contributed by atoms with E-state index in [4.69, 9.17) is 5.84 Å². The minimum atomic E-state index is -4.02. The molecule has 9 nitrogen and oxygen atoms in total. The lowest BCUT2D eigenvalue weighted by Gasteiger charge is -2.08. The van der Waals surface area contributed by atoms with Crippen LogP contribution >= 0.6 is 0 Å². The van der Waals surface area contributed by atoms with Gasteiger partial charge in [-0.2, -0.15) is 0 Å². The van der Waals surface area contributed by atoms with Gasteiger partial charge in [-0.15, -0.1) is 0 Å². The van der Waals surface area contributed by atoms with Crippen molar-refractivity contribution in [1.82, 2.24) is 4.72 Å². The summed E-state index contributed by atoms with van der Waals surface area (Å²) in [4.78, 5) is 9.72. The highest BCUT2D eigenvalue weighted by Gasteiger charge is 2.25. The molecule has 1 aromatic carbocycles. The van der Waals surface area contributed by atoms with Crippen LogP contribution in [0.15, 0.2) is 23.1 Å². The topological polar surface area (TPSA) is 144 Å². The van der Waals surface area contributed by atoms with Crippen LogP contribution in [0.2, 0.25) is 0 Å².